The van der Waals surface area contributed by atoms with Crippen molar-refractivity contribution in [3.8, 4) is 0 Å². The van der Waals surface area contributed by atoms with Crippen molar-refractivity contribution in [1.82, 2.24) is 9.88 Å². The summed E-state index contributed by atoms with van der Waals surface area (Å²) < 4.78 is 5.11. The Balaban J connectivity index is 1.56. The number of carbonyl (C=O) groups is 2. The summed E-state index contributed by atoms with van der Waals surface area (Å²) in [5.74, 6) is -0.891. The molecule has 3 rings (SSSR count). The molecule has 134 valence electrons. The first-order valence-electron chi connectivity index (χ1n) is 7.87. The number of amides is 1. The lowest BCUT2D eigenvalue weighted by Gasteiger charge is -2.17. The molecule has 5 nitrogen and oxygen atoms in total. The van der Waals surface area contributed by atoms with Crippen LogP contribution >= 0.6 is 23.2 Å². The summed E-state index contributed by atoms with van der Waals surface area (Å²) in [7, 11) is 1.63. The van der Waals surface area contributed by atoms with E-state index in [0.29, 0.717) is 22.3 Å². The first-order chi connectivity index (χ1) is 12.4. The van der Waals surface area contributed by atoms with Gasteiger partial charge in [0.25, 0.3) is 5.91 Å². The van der Waals surface area contributed by atoms with Gasteiger partial charge in [-0.1, -0.05) is 47.5 Å². The van der Waals surface area contributed by atoms with Crippen molar-refractivity contribution in [1.29, 1.82) is 0 Å². The monoisotopic (exact) mass is 390 g/mol. The SMILES string of the molecule is CN(Cc1ccc(Cl)c(Cl)c1)C(=O)COC(=O)c1cc2ccccc2[nH]1. The van der Waals surface area contributed by atoms with Gasteiger partial charge >= 0.3 is 5.97 Å². The number of rotatable bonds is 5. The van der Waals surface area contributed by atoms with Crippen LogP contribution in [0, 0.1) is 0 Å². The normalized spacial score (nSPS) is 10.7. The molecule has 0 saturated carbocycles. The number of aromatic nitrogens is 1. The highest BCUT2D eigenvalue weighted by molar-refractivity contribution is 6.42. The van der Waals surface area contributed by atoms with E-state index < -0.39 is 5.97 Å². The van der Waals surface area contributed by atoms with Gasteiger partial charge in [-0.3, -0.25) is 4.79 Å². The molecular formula is C19H16Cl2N2O3. The molecule has 7 heteroatoms. The highest BCUT2D eigenvalue weighted by Gasteiger charge is 2.16. The van der Waals surface area contributed by atoms with E-state index in [1.807, 2.05) is 24.3 Å². The third-order valence-corrected chi connectivity index (χ3v) is 4.65. The maximum atomic E-state index is 12.2. The van der Waals surface area contributed by atoms with Gasteiger partial charge in [0.15, 0.2) is 6.61 Å². The molecular weight excluding hydrogens is 375 g/mol. The number of ether oxygens (including phenoxy) is 1. The zero-order valence-electron chi connectivity index (χ0n) is 14.0. The van der Waals surface area contributed by atoms with Crippen molar-refractivity contribution in [2.24, 2.45) is 0 Å². The molecule has 1 amide bonds. The van der Waals surface area contributed by atoms with Gasteiger partial charge in [0.1, 0.15) is 5.69 Å². The van der Waals surface area contributed by atoms with Crippen molar-refractivity contribution in [2.75, 3.05) is 13.7 Å². The third-order valence-electron chi connectivity index (χ3n) is 3.91. The van der Waals surface area contributed by atoms with E-state index in [-0.39, 0.29) is 12.5 Å². The van der Waals surface area contributed by atoms with E-state index in [9.17, 15) is 9.59 Å². The van der Waals surface area contributed by atoms with Gasteiger partial charge < -0.3 is 14.6 Å². The number of nitrogens with one attached hydrogen (secondary N) is 1. The Morgan fingerprint density at radius 2 is 1.85 bits per heavy atom. The number of likely N-dealkylation sites (N-methyl/N-ethyl adjacent to an activating group) is 1. The van der Waals surface area contributed by atoms with Gasteiger partial charge in [-0.05, 0) is 29.8 Å². The van der Waals surface area contributed by atoms with Crippen LogP contribution in [-0.2, 0) is 16.1 Å². The van der Waals surface area contributed by atoms with Crippen LogP contribution in [0.15, 0.2) is 48.5 Å². The topological polar surface area (TPSA) is 62.4 Å². The van der Waals surface area contributed by atoms with Gasteiger partial charge in [-0.25, -0.2) is 4.79 Å². The highest BCUT2D eigenvalue weighted by atomic mass is 35.5. The summed E-state index contributed by atoms with van der Waals surface area (Å²) in [4.78, 5) is 28.7. The molecule has 0 bridgehead atoms. The van der Waals surface area contributed by atoms with Crippen LogP contribution in [0.5, 0.6) is 0 Å². The Labute approximate surface area is 160 Å². The van der Waals surface area contributed by atoms with Gasteiger partial charge in [0.2, 0.25) is 0 Å². The number of para-hydroxylation sites is 1. The third kappa shape index (κ3) is 4.18. The van der Waals surface area contributed by atoms with E-state index >= 15 is 0 Å². The van der Waals surface area contributed by atoms with E-state index in [4.69, 9.17) is 27.9 Å². The maximum Gasteiger partial charge on any atom is 0.355 e. The van der Waals surface area contributed by atoms with E-state index in [2.05, 4.69) is 4.98 Å². The van der Waals surface area contributed by atoms with Crippen molar-refractivity contribution >= 4 is 46.0 Å². The summed E-state index contributed by atoms with van der Waals surface area (Å²) in [6, 6.07) is 14.4. The molecule has 2 aromatic carbocycles. The van der Waals surface area contributed by atoms with Crippen LogP contribution in [0.2, 0.25) is 10.0 Å². The number of halogens is 2. The number of fused-ring (bicyclic) bond motifs is 1. The average molecular weight is 391 g/mol. The molecule has 26 heavy (non-hydrogen) atoms. The minimum atomic E-state index is -0.572. The highest BCUT2D eigenvalue weighted by Crippen LogP contribution is 2.23. The largest absolute Gasteiger partial charge is 0.451 e. The molecule has 1 heterocycles. The molecule has 3 aromatic rings. The average Bonchev–Trinajstić information content (AvgIpc) is 3.06. The Kier molecular flexibility index (Phi) is 5.49. The zero-order chi connectivity index (χ0) is 18.7. The second kappa shape index (κ2) is 7.81. The quantitative estimate of drug-likeness (QED) is 0.660. The molecule has 0 atom stereocenters. The minimum absolute atomic E-state index is 0.311. The van der Waals surface area contributed by atoms with Gasteiger partial charge in [-0.2, -0.15) is 0 Å². The molecule has 1 N–H and O–H groups in total. The lowest BCUT2D eigenvalue weighted by Crippen LogP contribution is -2.30. The molecule has 0 aliphatic heterocycles. The van der Waals surface area contributed by atoms with Crippen LogP contribution in [-0.4, -0.2) is 35.4 Å². The van der Waals surface area contributed by atoms with Crippen LogP contribution in [0.3, 0.4) is 0 Å². The van der Waals surface area contributed by atoms with Gasteiger partial charge in [0, 0.05) is 24.5 Å². The number of nitrogens with zero attached hydrogens (tertiary/aromatic N) is 1. The molecule has 0 aliphatic carbocycles. The predicted octanol–water partition coefficient (Wildman–Crippen LogP) is 4.29. The van der Waals surface area contributed by atoms with Crippen LogP contribution in [0.25, 0.3) is 10.9 Å². The zero-order valence-corrected chi connectivity index (χ0v) is 15.5. The van der Waals surface area contributed by atoms with Crippen molar-refractivity contribution < 1.29 is 14.3 Å². The number of carbonyl (C=O) groups excluding carboxylic acids is 2. The van der Waals surface area contributed by atoms with Crippen molar-refractivity contribution in [3.05, 3.63) is 69.8 Å². The number of aromatic amines is 1. The standard InChI is InChI=1S/C19H16Cl2N2O3/c1-23(10-12-6-7-14(20)15(21)8-12)18(24)11-26-19(25)17-9-13-4-2-3-5-16(13)22-17/h2-9,22H,10-11H2,1H3. The van der Waals surface area contributed by atoms with Crippen LogP contribution < -0.4 is 0 Å². The smallest absolute Gasteiger partial charge is 0.355 e. The molecule has 0 saturated heterocycles. The molecule has 0 aliphatic rings. The summed E-state index contributed by atoms with van der Waals surface area (Å²) in [5, 5.41) is 1.79. The van der Waals surface area contributed by atoms with Gasteiger partial charge in [-0.15, -0.1) is 0 Å². The summed E-state index contributed by atoms with van der Waals surface area (Å²) in [5.41, 5.74) is 1.98. The predicted molar refractivity (Wildman–Crippen MR) is 102 cm³/mol. The fourth-order valence-corrected chi connectivity index (χ4v) is 2.82. The second-order valence-electron chi connectivity index (χ2n) is 5.84. The van der Waals surface area contributed by atoms with E-state index in [0.717, 1.165) is 16.5 Å². The Morgan fingerprint density at radius 3 is 2.58 bits per heavy atom. The molecule has 0 radical (unpaired) electrons. The van der Waals surface area contributed by atoms with Gasteiger partial charge in [0.05, 0.1) is 10.0 Å². The fourth-order valence-electron chi connectivity index (χ4n) is 2.50. The first kappa shape index (κ1) is 18.3. The molecule has 0 unspecified atom stereocenters. The first-order valence-corrected chi connectivity index (χ1v) is 8.62. The number of H-pyrrole nitrogens is 1. The number of benzene rings is 2. The Bertz CT molecular complexity index is 935. The molecule has 0 spiro atoms. The van der Waals surface area contributed by atoms with Crippen LogP contribution in [0.4, 0.5) is 0 Å². The van der Waals surface area contributed by atoms with Crippen molar-refractivity contribution in [3.63, 3.8) is 0 Å². The minimum Gasteiger partial charge on any atom is -0.451 e. The number of hydrogen-bond donors (Lipinski definition) is 1. The Morgan fingerprint density at radius 1 is 1.08 bits per heavy atom. The maximum absolute atomic E-state index is 12.2. The molecule has 0 fully saturated rings. The summed E-state index contributed by atoms with van der Waals surface area (Å²) in [6.45, 7) is -0.00825. The van der Waals surface area contributed by atoms with E-state index in [1.54, 1.807) is 31.3 Å². The lowest BCUT2D eigenvalue weighted by atomic mass is 10.2. The number of hydrogen-bond acceptors (Lipinski definition) is 3. The fraction of sp³-hybridized carbons (Fsp3) is 0.158. The molecule has 1 aromatic heterocycles. The summed E-state index contributed by atoms with van der Waals surface area (Å²) in [6.07, 6.45) is 0. The Hall–Kier alpha value is -2.50. The summed E-state index contributed by atoms with van der Waals surface area (Å²) >= 11 is 11.9. The number of esters is 1. The lowest BCUT2D eigenvalue weighted by molar-refractivity contribution is -0.133. The van der Waals surface area contributed by atoms with Crippen molar-refractivity contribution in [2.45, 2.75) is 6.54 Å². The van der Waals surface area contributed by atoms with E-state index in [1.165, 1.54) is 4.90 Å². The second-order valence-corrected chi connectivity index (χ2v) is 6.66. The van der Waals surface area contributed by atoms with Crippen LogP contribution in [0.1, 0.15) is 16.1 Å².